The van der Waals surface area contributed by atoms with Crippen molar-refractivity contribution >= 4 is 5.91 Å². The maximum Gasteiger partial charge on any atom is 0.239 e. The highest BCUT2D eigenvalue weighted by molar-refractivity contribution is 5.82. The summed E-state index contributed by atoms with van der Waals surface area (Å²) in [7, 11) is 0. The van der Waals surface area contributed by atoms with Crippen LogP contribution in [0.25, 0.3) is 0 Å². The third kappa shape index (κ3) is 8.48. The third-order valence-electron chi connectivity index (χ3n) is 2.68. The number of ether oxygens (including phenoxy) is 1. The first-order valence-electron chi connectivity index (χ1n) is 6.99. The number of carbonyl (C=O) groups is 1. The van der Waals surface area contributed by atoms with Gasteiger partial charge in [-0.25, -0.2) is 0 Å². The molecule has 4 heteroatoms. The molecule has 0 aromatic rings. The Balaban J connectivity index is 3.88. The van der Waals surface area contributed by atoms with Gasteiger partial charge in [-0.1, -0.05) is 26.2 Å². The molecule has 1 amide bonds. The predicted molar refractivity (Wildman–Crippen MR) is 75.4 cm³/mol. The van der Waals surface area contributed by atoms with Crippen LogP contribution >= 0.6 is 0 Å². The second-order valence-electron chi connectivity index (χ2n) is 5.81. The molecular formula is C14H30N2O2. The SMILES string of the molecule is CCCCCCNC(=O)[C@@H](N)[C@@H](C)OC(C)(C)C. The molecule has 0 unspecified atom stereocenters. The fourth-order valence-corrected chi connectivity index (χ4v) is 1.73. The normalized spacial score (nSPS) is 15.2. The van der Waals surface area contributed by atoms with E-state index in [1.807, 2.05) is 27.7 Å². The topological polar surface area (TPSA) is 64.4 Å². The molecule has 4 nitrogen and oxygen atoms in total. The van der Waals surface area contributed by atoms with Crippen LogP contribution in [0.5, 0.6) is 0 Å². The first kappa shape index (κ1) is 17.4. The molecule has 0 aromatic heterocycles. The van der Waals surface area contributed by atoms with Crippen molar-refractivity contribution in [2.75, 3.05) is 6.54 Å². The highest BCUT2D eigenvalue weighted by Crippen LogP contribution is 2.12. The Hall–Kier alpha value is -0.610. The number of unbranched alkanes of at least 4 members (excludes halogenated alkanes) is 3. The van der Waals surface area contributed by atoms with Crippen LogP contribution in [-0.2, 0) is 9.53 Å². The number of hydrogen-bond acceptors (Lipinski definition) is 3. The smallest absolute Gasteiger partial charge is 0.239 e. The maximum absolute atomic E-state index is 11.8. The first-order chi connectivity index (χ1) is 8.28. The van der Waals surface area contributed by atoms with Crippen LogP contribution in [0, 0.1) is 0 Å². The van der Waals surface area contributed by atoms with Gasteiger partial charge in [-0.3, -0.25) is 4.79 Å². The summed E-state index contributed by atoms with van der Waals surface area (Å²) in [5.41, 5.74) is 5.59. The van der Waals surface area contributed by atoms with E-state index in [2.05, 4.69) is 12.2 Å². The monoisotopic (exact) mass is 258 g/mol. The molecule has 0 aromatic carbocycles. The lowest BCUT2D eigenvalue weighted by Crippen LogP contribution is -2.50. The molecule has 0 radical (unpaired) electrons. The molecule has 0 fully saturated rings. The van der Waals surface area contributed by atoms with Gasteiger partial charge in [0.25, 0.3) is 0 Å². The second-order valence-corrected chi connectivity index (χ2v) is 5.81. The minimum atomic E-state index is -0.601. The van der Waals surface area contributed by atoms with Crippen LogP contribution in [0.1, 0.15) is 60.3 Å². The van der Waals surface area contributed by atoms with Crippen LogP contribution < -0.4 is 11.1 Å². The third-order valence-corrected chi connectivity index (χ3v) is 2.68. The summed E-state index contributed by atoms with van der Waals surface area (Å²) >= 11 is 0. The molecule has 0 heterocycles. The fraction of sp³-hybridized carbons (Fsp3) is 0.929. The quantitative estimate of drug-likeness (QED) is 0.656. The lowest BCUT2D eigenvalue weighted by molar-refractivity contribution is -0.129. The zero-order chi connectivity index (χ0) is 14.2. The highest BCUT2D eigenvalue weighted by atomic mass is 16.5. The lowest BCUT2D eigenvalue weighted by atomic mass is 10.1. The van der Waals surface area contributed by atoms with Crippen LogP contribution in [0.2, 0.25) is 0 Å². The van der Waals surface area contributed by atoms with Gasteiger partial charge in [0, 0.05) is 6.54 Å². The van der Waals surface area contributed by atoms with E-state index in [-0.39, 0.29) is 17.6 Å². The van der Waals surface area contributed by atoms with E-state index in [1.165, 1.54) is 12.8 Å². The van der Waals surface area contributed by atoms with E-state index in [1.54, 1.807) is 0 Å². The molecule has 18 heavy (non-hydrogen) atoms. The maximum atomic E-state index is 11.8. The summed E-state index contributed by atoms with van der Waals surface area (Å²) in [6.07, 6.45) is 4.30. The Morgan fingerprint density at radius 2 is 1.89 bits per heavy atom. The molecule has 0 rings (SSSR count). The van der Waals surface area contributed by atoms with E-state index in [0.717, 1.165) is 12.8 Å². The lowest BCUT2D eigenvalue weighted by Gasteiger charge is -2.28. The van der Waals surface area contributed by atoms with Crippen molar-refractivity contribution in [1.82, 2.24) is 5.32 Å². The Kier molecular flexibility index (Phi) is 8.20. The second kappa shape index (κ2) is 8.48. The average molecular weight is 258 g/mol. The van der Waals surface area contributed by atoms with E-state index >= 15 is 0 Å². The summed E-state index contributed by atoms with van der Waals surface area (Å²) in [4.78, 5) is 11.8. The van der Waals surface area contributed by atoms with Crippen molar-refractivity contribution in [3.8, 4) is 0 Å². The molecule has 0 saturated heterocycles. The molecule has 0 aliphatic heterocycles. The summed E-state index contributed by atoms with van der Waals surface area (Å²) in [6, 6.07) is -0.601. The molecule has 3 N–H and O–H groups in total. The summed E-state index contributed by atoms with van der Waals surface area (Å²) < 4.78 is 5.68. The molecule has 108 valence electrons. The molecule has 2 atom stereocenters. The summed E-state index contributed by atoms with van der Waals surface area (Å²) in [5.74, 6) is -0.122. The number of nitrogens with one attached hydrogen (secondary N) is 1. The highest BCUT2D eigenvalue weighted by Gasteiger charge is 2.25. The Morgan fingerprint density at radius 1 is 1.28 bits per heavy atom. The molecule has 0 spiro atoms. The van der Waals surface area contributed by atoms with Gasteiger partial charge in [0.15, 0.2) is 0 Å². The van der Waals surface area contributed by atoms with Crippen LogP contribution in [0.15, 0.2) is 0 Å². The molecule has 0 aliphatic carbocycles. The van der Waals surface area contributed by atoms with Crippen molar-refractivity contribution in [2.24, 2.45) is 5.73 Å². The van der Waals surface area contributed by atoms with Crippen molar-refractivity contribution in [3.63, 3.8) is 0 Å². The Labute approximate surface area is 112 Å². The number of amides is 1. The van der Waals surface area contributed by atoms with Crippen molar-refractivity contribution in [2.45, 2.75) is 78.0 Å². The first-order valence-corrected chi connectivity index (χ1v) is 6.99. The standard InChI is InChI=1S/C14H30N2O2/c1-6-7-8-9-10-16-13(17)12(15)11(2)18-14(3,4)5/h11-12H,6-10,15H2,1-5H3,(H,16,17)/t11-,12+/m1/s1. The van der Waals surface area contributed by atoms with E-state index < -0.39 is 6.04 Å². The predicted octanol–water partition coefficient (Wildman–Crippen LogP) is 2.21. The van der Waals surface area contributed by atoms with Gasteiger partial charge in [0.05, 0.1) is 11.7 Å². The fourth-order valence-electron chi connectivity index (χ4n) is 1.73. The van der Waals surface area contributed by atoms with Gasteiger partial charge in [-0.05, 0) is 34.1 Å². The van der Waals surface area contributed by atoms with E-state index in [0.29, 0.717) is 6.54 Å². The molecular weight excluding hydrogens is 228 g/mol. The number of rotatable bonds is 8. The van der Waals surface area contributed by atoms with E-state index in [9.17, 15) is 4.79 Å². The van der Waals surface area contributed by atoms with Crippen molar-refractivity contribution < 1.29 is 9.53 Å². The van der Waals surface area contributed by atoms with E-state index in [4.69, 9.17) is 10.5 Å². The minimum Gasteiger partial charge on any atom is -0.371 e. The van der Waals surface area contributed by atoms with Crippen LogP contribution in [0.4, 0.5) is 0 Å². The van der Waals surface area contributed by atoms with Crippen molar-refractivity contribution in [1.29, 1.82) is 0 Å². The van der Waals surface area contributed by atoms with Gasteiger partial charge >= 0.3 is 0 Å². The number of carbonyl (C=O) groups excluding carboxylic acids is 1. The molecule has 0 saturated carbocycles. The van der Waals surface area contributed by atoms with Crippen LogP contribution in [0.3, 0.4) is 0 Å². The minimum absolute atomic E-state index is 0.122. The largest absolute Gasteiger partial charge is 0.371 e. The van der Waals surface area contributed by atoms with Gasteiger partial charge in [-0.15, -0.1) is 0 Å². The molecule has 0 aliphatic rings. The van der Waals surface area contributed by atoms with Gasteiger partial charge in [0.2, 0.25) is 5.91 Å². The van der Waals surface area contributed by atoms with Gasteiger partial charge < -0.3 is 15.8 Å². The Morgan fingerprint density at radius 3 is 2.39 bits per heavy atom. The summed E-state index contributed by atoms with van der Waals surface area (Å²) in [6.45, 7) is 10.6. The number of nitrogens with two attached hydrogens (primary N) is 1. The van der Waals surface area contributed by atoms with Crippen LogP contribution in [-0.4, -0.2) is 30.2 Å². The zero-order valence-electron chi connectivity index (χ0n) is 12.6. The zero-order valence-corrected chi connectivity index (χ0v) is 12.6. The average Bonchev–Trinajstić information content (AvgIpc) is 2.25. The van der Waals surface area contributed by atoms with Gasteiger partial charge in [0.1, 0.15) is 6.04 Å². The van der Waals surface area contributed by atoms with Crippen molar-refractivity contribution in [3.05, 3.63) is 0 Å². The summed E-state index contributed by atoms with van der Waals surface area (Å²) in [5, 5.41) is 2.86. The Bertz CT molecular complexity index is 236. The number of hydrogen-bond donors (Lipinski definition) is 2. The molecule has 0 bridgehead atoms. The van der Waals surface area contributed by atoms with Gasteiger partial charge in [-0.2, -0.15) is 0 Å².